The Hall–Kier alpha value is -1.55. The Kier molecular flexibility index (Phi) is 2.96. The van der Waals surface area contributed by atoms with E-state index in [2.05, 4.69) is 27.7 Å². The van der Waals surface area contributed by atoms with Gasteiger partial charge >= 0.3 is 0 Å². The number of rotatable bonds is 2. The van der Waals surface area contributed by atoms with Crippen LogP contribution < -0.4 is 5.73 Å². The fraction of sp³-hybridized carbons (Fsp3) is 0.500. The highest BCUT2D eigenvalue weighted by molar-refractivity contribution is 5.81. The summed E-state index contributed by atoms with van der Waals surface area (Å²) in [6.45, 7) is 5.72. The standard InChI is InChI=1S/C14H20N4/c1-2-17-7-5-13(6-8-17)18-14-9-12(15)4-3-11(14)10-16-18/h3-4,9-10,13H,2,5-8,15H2,1H3. The van der Waals surface area contributed by atoms with Gasteiger partial charge < -0.3 is 10.6 Å². The first-order chi connectivity index (χ1) is 8.78. The number of hydrogen-bond donors (Lipinski definition) is 1. The molecule has 2 N–H and O–H groups in total. The second-order valence-corrected chi connectivity index (χ2v) is 5.07. The van der Waals surface area contributed by atoms with Gasteiger partial charge in [-0.05, 0) is 37.6 Å². The van der Waals surface area contributed by atoms with Crippen LogP contribution in [0, 0.1) is 0 Å². The van der Waals surface area contributed by atoms with E-state index in [9.17, 15) is 0 Å². The predicted molar refractivity (Wildman–Crippen MR) is 74.5 cm³/mol. The number of anilines is 1. The van der Waals surface area contributed by atoms with Gasteiger partial charge in [-0.25, -0.2) is 0 Å². The van der Waals surface area contributed by atoms with Crippen molar-refractivity contribution in [2.45, 2.75) is 25.8 Å². The number of piperidine rings is 1. The number of nitrogens with zero attached hydrogens (tertiary/aromatic N) is 3. The van der Waals surface area contributed by atoms with E-state index in [-0.39, 0.29) is 0 Å². The van der Waals surface area contributed by atoms with E-state index in [0.29, 0.717) is 6.04 Å². The summed E-state index contributed by atoms with van der Waals surface area (Å²) in [4.78, 5) is 2.50. The summed E-state index contributed by atoms with van der Waals surface area (Å²) in [5, 5.41) is 5.74. The van der Waals surface area contributed by atoms with E-state index in [4.69, 9.17) is 5.73 Å². The molecule has 1 aromatic carbocycles. The van der Waals surface area contributed by atoms with Crippen LogP contribution in [0.4, 0.5) is 5.69 Å². The molecule has 4 heteroatoms. The molecule has 0 amide bonds. The third-order valence-electron chi connectivity index (χ3n) is 3.97. The molecule has 1 aromatic heterocycles. The van der Waals surface area contributed by atoms with Crippen LogP contribution in [-0.4, -0.2) is 34.3 Å². The molecule has 1 saturated heterocycles. The quantitative estimate of drug-likeness (QED) is 0.824. The molecule has 96 valence electrons. The highest BCUT2D eigenvalue weighted by Gasteiger charge is 2.21. The number of nitrogens with two attached hydrogens (primary N) is 1. The molecule has 0 bridgehead atoms. The van der Waals surface area contributed by atoms with Crippen LogP contribution in [0.2, 0.25) is 0 Å². The molecule has 2 heterocycles. The van der Waals surface area contributed by atoms with Crippen LogP contribution in [0.15, 0.2) is 24.4 Å². The SMILES string of the molecule is CCN1CCC(n2ncc3ccc(N)cc32)CC1. The van der Waals surface area contributed by atoms with Gasteiger partial charge in [0.05, 0.1) is 17.8 Å². The number of likely N-dealkylation sites (tertiary alicyclic amines) is 1. The second-order valence-electron chi connectivity index (χ2n) is 5.07. The fourth-order valence-electron chi connectivity index (χ4n) is 2.83. The van der Waals surface area contributed by atoms with Crippen molar-refractivity contribution >= 4 is 16.6 Å². The van der Waals surface area contributed by atoms with Gasteiger partial charge in [0, 0.05) is 24.2 Å². The lowest BCUT2D eigenvalue weighted by Gasteiger charge is -2.31. The lowest BCUT2D eigenvalue weighted by atomic mass is 10.1. The third kappa shape index (κ3) is 1.97. The highest BCUT2D eigenvalue weighted by Crippen LogP contribution is 2.27. The largest absolute Gasteiger partial charge is 0.399 e. The third-order valence-corrected chi connectivity index (χ3v) is 3.97. The zero-order valence-corrected chi connectivity index (χ0v) is 10.8. The van der Waals surface area contributed by atoms with Gasteiger partial charge in [0.2, 0.25) is 0 Å². The summed E-state index contributed by atoms with van der Waals surface area (Å²) in [7, 11) is 0. The number of nitrogen functional groups attached to an aromatic ring is 1. The summed E-state index contributed by atoms with van der Waals surface area (Å²) >= 11 is 0. The minimum absolute atomic E-state index is 0.520. The smallest absolute Gasteiger partial charge is 0.0706 e. The number of hydrogen-bond acceptors (Lipinski definition) is 3. The molecular formula is C14H20N4. The maximum Gasteiger partial charge on any atom is 0.0706 e. The Morgan fingerprint density at radius 3 is 2.83 bits per heavy atom. The number of aromatic nitrogens is 2. The van der Waals surface area contributed by atoms with Gasteiger partial charge in [0.15, 0.2) is 0 Å². The predicted octanol–water partition coefficient (Wildman–Crippen LogP) is 2.28. The van der Waals surface area contributed by atoms with Crippen LogP contribution in [0.5, 0.6) is 0 Å². The Balaban J connectivity index is 1.88. The molecule has 0 atom stereocenters. The summed E-state index contributed by atoms with van der Waals surface area (Å²) in [5.74, 6) is 0. The van der Waals surface area contributed by atoms with Crippen molar-refractivity contribution < 1.29 is 0 Å². The van der Waals surface area contributed by atoms with Gasteiger partial charge in [-0.2, -0.15) is 5.10 Å². The maximum atomic E-state index is 5.88. The van der Waals surface area contributed by atoms with E-state index in [1.54, 1.807) is 0 Å². The average molecular weight is 244 g/mol. The minimum Gasteiger partial charge on any atom is -0.399 e. The number of benzene rings is 1. The van der Waals surface area contributed by atoms with Gasteiger partial charge in [0.25, 0.3) is 0 Å². The number of fused-ring (bicyclic) bond motifs is 1. The molecule has 1 aliphatic rings. The Morgan fingerprint density at radius 1 is 1.33 bits per heavy atom. The summed E-state index contributed by atoms with van der Waals surface area (Å²) < 4.78 is 2.17. The van der Waals surface area contributed by atoms with E-state index in [1.165, 1.54) is 36.8 Å². The Morgan fingerprint density at radius 2 is 2.11 bits per heavy atom. The lowest BCUT2D eigenvalue weighted by molar-refractivity contribution is 0.190. The molecule has 0 aliphatic carbocycles. The average Bonchev–Trinajstić information content (AvgIpc) is 2.82. The van der Waals surface area contributed by atoms with Gasteiger partial charge in [-0.15, -0.1) is 0 Å². The van der Waals surface area contributed by atoms with Gasteiger partial charge in [0.1, 0.15) is 0 Å². The first-order valence-electron chi connectivity index (χ1n) is 6.73. The second kappa shape index (κ2) is 4.61. The first kappa shape index (κ1) is 11.5. The van der Waals surface area contributed by atoms with Crippen LogP contribution in [0.25, 0.3) is 10.9 Å². The normalized spacial score (nSPS) is 18.5. The monoisotopic (exact) mass is 244 g/mol. The van der Waals surface area contributed by atoms with Crippen molar-refractivity contribution in [1.82, 2.24) is 14.7 Å². The fourth-order valence-corrected chi connectivity index (χ4v) is 2.83. The molecule has 2 aromatic rings. The van der Waals surface area contributed by atoms with E-state index in [0.717, 1.165) is 12.2 Å². The Bertz CT molecular complexity index is 538. The zero-order chi connectivity index (χ0) is 12.5. The molecule has 0 saturated carbocycles. The van der Waals surface area contributed by atoms with E-state index in [1.807, 2.05) is 18.3 Å². The van der Waals surface area contributed by atoms with Crippen LogP contribution >= 0.6 is 0 Å². The molecule has 1 fully saturated rings. The van der Waals surface area contributed by atoms with Crippen molar-refractivity contribution in [3.8, 4) is 0 Å². The molecule has 18 heavy (non-hydrogen) atoms. The molecular weight excluding hydrogens is 224 g/mol. The molecule has 3 rings (SSSR count). The van der Waals surface area contributed by atoms with E-state index >= 15 is 0 Å². The van der Waals surface area contributed by atoms with Crippen LogP contribution in [0.1, 0.15) is 25.8 Å². The summed E-state index contributed by atoms with van der Waals surface area (Å²) in [6.07, 6.45) is 4.31. The molecule has 1 aliphatic heterocycles. The lowest BCUT2D eigenvalue weighted by Crippen LogP contribution is -2.34. The first-order valence-corrected chi connectivity index (χ1v) is 6.73. The van der Waals surface area contributed by atoms with Gasteiger partial charge in [-0.1, -0.05) is 6.92 Å². The van der Waals surface area contributed by atoms with Crippen LogP contribution in [-0.2, 0) is 0 Å². The van der Waals surface area contributed by atoms with Crippen molar-refractivity contribution in [2.24, 2.45) is 0 Å². The minimum atomic E-state index is 0.520. The maximum absolute atomic E-state index is 5.88. The van der Waals surface area contributed by atoms with Crippen LogP contribution in [0.3, 0.4) is 0 Å². The van der Waals surface area contributed by atoms with Crippen molar-refractivity contribution in [1.29, 1.82) is 0 Å². The summed E-state index contributed by atoms with van der Waals surface area (Å²) in [6, 6.07) is 6.55. The van der Waals surface area contributed by atoms with Crippen molar-refractivity contribution in [2.75, 3.05) is 25.4 Å². The topological polar surface area (TPSA) is 47.1 Å². The Labute approximate surface area is 107 Å². The molecule has 0 spiro atoms. The molecule has 0 unspecified atom stereocenters. The van der Waals surface area contributed by atoms with Gasteiger partial charge in [-0.3, -0.25) is 4.68 Å². The zero-order valence-electron chi connectivity index (χ0n) is 10.8. The van der Waals surface area contributed by atoms with Crippen molar-refractivity contribution in [3.05, 3.63) is 24.4 Å². The highest BCUT2D eigenvalue weighted by atomic mass is 15.3. The molecule has 0 radical (unpaired) electrons. The molecule has 4 nitrogen and oxygen atoms in total. The van der Waals surface area contributed by atoms with Crippen molar-refractivity contribution in [3.63, 3.8) is 0 Å². The van der Waals surface area contributed by atoms with E-state index < -0.39 is 0 Å². The summed E-state index contributed by atoms with van der Waals surface area (Å²) in [5.41, 5.74) is 7.86.